The lowest BCUT2D eigenvalue weighted by atomic mass is 10.1. The molecule has 26 heavy (non-hydrogen) atoms. The molecule has 1 N–H and O–H groups in total. The molecule has 0 fully saturated rings. The van der Waals surface area contributed by atoms with Crippen LogP contribution in [0.3, 0.4) is 0 Å². The smallest absolute Gasteiger partial charge is 0.234 e. The Morgan fingerprint density at radius 3 is 2.77 bits per heavy atom. The Morgan fingerprint density at radius 1 is 1.19 bits per heavy atom. The van der Waals surface area contributed by atoms with Crippen LogP contribution in [-0.2, 0) is 11.2 Å². The SMILES string of the molecule is C#CCN(CC(=O)NCCOc1ccccc1)C1CCc2ccccc21. The third-order valence-corrected chi connectivity index (χ3v) is 4.62. The molecule has 1 atom stereocenters. The van der Waals surface area contributed by atoms with E-state index in [1.54, 1.807) is 0 Å². The number of hydrogen-bond donors (Lipinski definition) is 1. The van der Waals surface area contributed by atoms with Gasteiger partial charge in [-0.05, 0) is 36.1 Å². The molecular weight excluding hydrogens is 324 g/mol. The maximum atomic E-state index is 12.3. The summed E-state index contributed by atoms with van der Waals surface area (Å²) in [5.41, 5.74) is 2.65. The second-order valence-electron chi connectivity index (χ2n) is 6.37. The van der Waals surface area contributed by atoms with Gasteiger partial charge in [-0.1, -0.05) is 48.4 Å². The first kappa shape index (κ1) is 18.0. The number of terminal acetylenes is 1. The number of rotatable bonds is 8. The number of benzene rings is 2. The number of nitrogens with one attached hydrogen (secondary N) is 1. The number of carbonyl (C=O) groups is 1. The molecule has 3 rings (SSSR count). The van der Waals surface area contributed by atoms with Crippen molar-refractivity contribution in [3.05, 3.63) is 65.7 Å². The van der Waals surface area contributed by atoms with Crippen LogP contribution >= 0.6 is 0 Å². The Hall–Kier alpha value is -2.77. The van der Waals surface area contributed by atoms with Crippen LogP contribution in [0.25, 0.3) is 0 Å². The predicted octanol–water partition coefficient (Wildman–Crippen LogP) is 2.80. The molecule has 0 radical (unpaired) electrons. The Balaban J connectivity index is 1.49. The maximum absolute atomic E-state index is 12.3. The van der Waals surface area contributed by atoms with Crippen LogP contribution in [0.15, 0.2) is 54.6 Å². The Morgan fingerprint density at radius 2 is 1.96 bits per heavy atom. The van der Waals surface area contributed by atoms with Crippen LogP contribution < -0.4 is 10.1 Å². The van der Waals surface area contributed by atoms with Crippen molar-refractivity contribution in [2.24, 2.45) is 0 Å². The van der Waals surface area contributed by atoms with Crippen LogP contribution in [0.5, 0.6) is 5.75 Å². The van der Waals surface area contributed by atoms with Gasteiger partial charge in [-0.3, -0.25) is 9.69 Å². The van der Waals surface area contributed by atoms with E-state index in [0.717, 1.165) is 18.6 Å². The normalized spacial score (nSPS) is 15.3. The Labute approximate surface area is 155 Å². The molecule has 2 aromatic rings. The van der Waals surface area contributed by atoms with Crippen molar-refractivity contribution in [1.29, 1.82) is 0 Å². The van der Waals surface area contributed by atoms with E-state index >= 15 is 0 Å². The summed E-state index contributed by atoms with van der Waals surface area (Å²) in [6.07, 6.45) is 7.58. The number of hydrogen-bond acceptors (Lipinski definition) is 3. The molecule has 1 unspecified atom stereocenters. The molecule has 0 aromatic heterocycles. The number of amides is 1. The van der Waals surface area contributed by atoms with Gasteiger partial charge in [-0.2, -0.15) is 0 Å². The van der Waals surface area contributed by atoms with E-state index in [2.05, 4.69) is 34.3 Å². The summed E-state index contributed by atoms with van der Waals surface area (Å²) in [6.45, 7) is 1.68. The minimum Gasteiger partial charge on any atom is -0.492 e. The Bertz CT molecular complexity index is 767. The molecule has 134 valence electrons. The molecule has 1 amide bonds. The van der Waals surface area contributed by atoms with Crippen LogP contribution in [0.1, 0.15) is 23.6 Å². The summed E-state index contributed by atoms with van der Waals surface area (Å²) in [4.78, 5) is 14.4. The van der Waals surface area contributed by atoms with E-state index in [-0.39, 0.29) is 11.9 Å². The standard InChI is InChI=1S/C22H24N2O2/c1-2-15-24(21-13-12-18-8-6-7-11-20(18)21)17-22(25)23-14-16-26-19-9-4-3-5-10-19/h1,3-11,21H,12-17H2,(H,23,25). The quantitative estimate of drug-likeness (QED) is 0.589. The largest absolute Gasteiger partial charge is 0.492 e. The fourth-order valence-corrected chi connectivity index (χ4v) is 3.42. The number of ether oxygens (including phenoxy) is 1. The first-order valence-electron chi connectivity index (χ1n) is 8.98. The lowest BCUT2D eigenvalue weighted by Crippen LogP contribution is -2.40. The summed E-state index contributed by atoms with van der Waals surface area (Å²) in [5, 5.41) is 2.92. The molecular formula is C22H24N2O2. The molecule has 0 heterocycles. The van der Waals surface area contributed by atoms with Crippen molar-refractivity contribution >= 4 is 5.91 Å². The fourth-order valence-electron chi connectivity index (χ4n) is 3.42. The highest BCUT2D eigenvalue weighted by Crippen LogP contribution is 2.35. The monoisotopic (exact) mass is 348 g/mol. The molecule has 2 aromatic carbocycles. The van der Waals surface area contributed by atoms with Gasteiger partial charge in [0.25, 0.3) is 0 Å². The van der Waals surface area contributed by atoms with Gasteiger partial charge >= 0.3 is 0 Å². The summed E-state index contributed by atoms with van der Waals surface area (Å²) in [5.74, 6) is 3.47. The molecule has 4 heteroatoms. The first-order valence-corrected chi connectivity index (χ1v) is 8.98. The van der Waals surface area contributed by atoms with E-state index in [9.17, 15) is 4.79 Å². The summed E-state index contributed by atoms with van der Waals surface area (Å²) in [7, 11) is 0. The van der Waals surface area contributed by atoms with Crippen molar-refractivity contribution in [3.63, 3.8) is 0 Å². The van der Waals surface area contributed by atoms with Crippen molar-refractivity contribution < 1.29 is 9.53 Å². The third kappa shape index (κ3) is 4.65. The van der Waals surface area contributed by atoms with E-state index in [1.165, 1.54) is 11.1 Å². The zero-order chi connectivity index (χ0) is 18.2. The Kier molecular flexibility index (Phi) is 6.29. The molecule has 4 nitrogen and oxygen atoms in total. The van der Waals surface area contributed by atoms with E-state index in [1.807, 2.05) is 36.4 Å². The number of aryl methyl sites for hydroxylation is 1. The topological polar surface area (TPSA) is 41.6 Å². The summed E-state index contributed by atoms with van der Waals surface area (Å²) in [6, 6.07) is 18.2. The highest BCUT2D eigenvalue weighted by Gasteiger charge is 2.28. The van der Waals surface area contributed by atoms with E-state index in [4.69, 9.17) is 11.2 Å². The van der Waals surface area contributed by atoms with Crippen LogP contribution in [0.2, 0.25) is 0 Å². The highest BCUT2D eigenvalue weighted by atomic mass is 16.5. The van der Waals surface area contributed by atoms with Gasteiger partial charge in [0.1, 0.15) is 12.4 Å². The summed E-state index contributed by atoms with van der Waals surface area (Å²) < 4.78 is 5.59. The number of nitrogens with zero attached hydrogens (tertiary/aromatic N) is 1. The zero-order valence-electron chi connectivity index (χ0n) is 14.9. The number of para-hydroxylation sites is 1. The first-order chi connectivity index (χ1) is 12.8. The van der Waals surface area contributed by atoms with Gasteiger partial charge in [0.2, 0.25) is 5.91 Å². The second-order valence-corrected chi connectivity index (χ2v) is 6.37. The molecule has 0 spiro atoms. The fraction of sp³-hybridized carbons (Fsp3) is 0.318. The molecule has 1 aliphatic rings. The average Bonchev–Trinajstić information content (AvgIpc) is 3.10. The lowest BCUT2D eigenvalue weighted by Gasteiger charge is -2.27. The van der Waals surface area contributed by atoms with Crippen LogP contribution in [0.4, 0.5) is 0 Å². The molecule has 0 saturated carbocycles. The minimum absolute atomic E-state index is 0.0266. The van der Waals surface area contributed by atoms with Gasteiger partial charge in [0.05, 0.1) is 19.6 Å². The number of fused-ring (bicyclic) bond motifs is 1. The molecule has 0 saturated heterocycles. The third-order valence-electron chi connectivity index (χ3n) is 4.62. The predicted molar refractivity (Wildman–Crippen MR) is 103 cm³/mol. The van der Waals surface area contributed by atoms with Crippen molar-refractivity contribution in [3.8, 4) is 18.1 Å². The van der Waals surface area contributed by atoms with Crippen LogP contribution in [0, 0.1) is 12.3 Å². The highest BCUT2D eigenvalue weighted by molar-refractivity contribution is 5.78. The van der Waals surface area contributed by atoms with Gasteiger partial charge in [-0.15, -0.1) is 6.42 Å². The molecule has 1 aliphatic carbocycles. The lowest BCUT2D eigenvalue weighted by molar-refractivity contribution is -0.122. The van der Waals surface area contributed by atoms with Crippen molar-refractivity contribution in [1.82, 2.24) is 10.2 Å². The van der Waals surface area contributed by atoms with E-state index in [0.29, 0.717) is 26.2 Å². The molecule has 0 aliphatic heterocycles. The molecule has 0 bridgehead atoms. The average molecular weight is 348 g/mol. The van der Waals surface area contributed by atoms with Crippen molar-refractivity contribution in [2.45, 2.75) is 18.9 Å². The van der Waals surface area contributed by atoms with Gasteiger partial charge in [0.15, 0.2) is 0 Å². The van der Waals surface area contributed by atoms with Crippen LogP contribution in [-0.4, -0.2) is 37.0 Å². The van der Waals surface area contributed by atoms with Gasteiger partial charge in [0, 0.05) is 6.04 Å². The number of carbonyl (C=O) groups excluding carboxylic acids is 1. The zero-order valence-corrected chi connectivity index (χ0v) is 14.9. The maximum Gasteiger partial charge on any atom is 0.234 e. The van der Waals surface area contributed by atoms with Gasteiger partial charge in [-0.25, -0.2) is 0 Å². The minimum atomic E-state index is -0.0266. The van der Waals surface area contributed by atoms with Crippen molar-refractivity contribution in [2.75, 3.05) is 26.2 Å². The van der Waals surface area contributed by atoms with Gasteiger partial charge < -0.3 is 10.1 Å². The second kappa shape index (κ2) is 9.07. The van der Waals surface area contributed by atoms with E-state index < -0.39 is 0 Å². The summed E-state index contributed by atoms with van der Waals surface area (Å²) >= 11 is 0.